The molecule has 2 N–H and O–H groups in total. The van der Waals surface area contributed by atoms with E-state index in [0.717, 1.165) is 38.1 Å². The van der Waals surface area contributed by atoms with Crippen molar-refractivity contribution in [1.29, 1.82) is 0 Å². The van der Waals surface area contributed by atoms with Crippen molar-refractivity contribution in [2.75, 3.05) is 19.6 Å². The van der Waals surface area contributed by atoms with Gasteiger partial charge in [-0.15, -0.1) is 24.0 Å². The number of aliphatic imine (C=N–C) groups is 1. The second-order valence-corrected chi connectivity index (χ2v) is 5.45. The van der Waals surface area contributed by atoms with Crippen LogP contribution in [-0.2, 0) is 6.18 Å². The molecule has 0 bridgehead atoms. The lowest BCUT2D eigenvalue weighted by Crippen LogP contribution is -2.38. The summed E-state index contributed by atoms with van der Waals surface area (Å²) in [7, 11) is 0. The summed E-state index contributed by atoms with van der Waals surface area (Å²) in [4.78, 5) is 6.29. The SMILES string of the molecule is I.NC(=NCC#Cc1ccc(C(F)(F)F)cc1)N1CCCCCC1. The average molecular weight is 451 g/mol. The molecule has 0 amide bonds. The topological polar surface area (TPSA) is 41.6 Å². The molecule has 2 rings (SSSR count). The Morgan fingerprint density at radius 2 is 1.67 bits per heavy atom. The number of likely N-dealkylation sites (tertiary alicyclic amines) is 1. The van der Waals surface area contributed by atoms with Crippen molar-refractivity contribution in [2.24, 2.45) is 10.7 Å². The third-order valence-corrected chi connectivity index (χ3v) is 3.70. The molecule has 1 aromatic carbocycles. The van der Waals surface area contributed by atoms with Gasteiger partial charge in [-0.1, -0.05) is 24.7 Å². The maximum absolute atomic E-state index is 12.4. The lowest BCUT2D eigenvalue weighted by atomic mass is 10.1. The fourth-order valence-corrected chi connectivity index (χ4v) is 2.40. The predicted octanol–water partition coefficient (Wildman–Crippen LogP) is 3.87. The Morgan fingerprint density at radius 3 is 2.21 bits per heavy atom. The number of alkyl halides is 3. The first-order chi connectivity index (χ1) is 11.0. The van der Waals surface area contributed by atoms with Gasteiger partial charge in [-0.3, -0.25) is 0 Å². The smallest absolute Gasteiger partial charge is 0.370 e. The molecule has 24 heavy (non-hydrogen) atoms. The zero-order chi connectivity index (χ0) is 16.7. The minimum Gasteiger partial charge on any atom is -0.370 e. The quantitative estimate of drug-likeness (QED) is 0.305. The Bertz CT molecular complexity index is 592. The van der Waals surface area contributed by atoms with Crippen molar-refractivity contribution in [1.82, 2.24) is 4.90 Å². The Kier molecular flexibility index (Phi) is 8.39. The Balaban J connectivity index is 0.00000288. The van der Waals surface area contributed by atoms with Crippen LogP contribution in [0.25, 0.3) is 0 Å². The van der Waals surface area contributed by atoms with E-state index in [0.29, 0.717) is 11.5 Å². The lowest BCUT2D eigenvalue weighted by molar-refractivity contribution is -0.137. The largest absolute Gasteiger partial charge is 0.416 e. The molecule has 1 heterocycles. The van der Waals surface area contributed by atoms with E-state index < -0.39 is 11.7 Å². The molecule has 0 spiro atoms. The summed E-state index contributed by atoms with van der Waals surface area (Å²) < 4.78 is 37.3. The number of nitrogens with zero attached hydrogens (tertiary/aromatic N) is 2. The minimum atomic E-state index is -4.32. The van der Waals surface area contributed by atoms with Crippen molar-refractivity contribution in [2.45, 2.75) is 31.9 Å². The second-order valence-electron chi connectivity index (χ2n) is 5.45. The van der Waals surface area contributed by atoms with E-state index in [4.69, 9.17) is 5.73 Å². The molecule has 1 aromatic rings. The lowest BCUT2D eigenvalue weighted by Gasteiger charge is -2.20. The molecule has 1 saturated heterocycles. The second kappa shape index (κ2) is 9.77. The normalized spacial score (nSPS) is 15.8. The van der Waals surface area contributed by atoms with Crippen molar-refractivity contribution in [3.8, 4) is 11.8 Å². The summed E-state index contributed by atoms with van der Waals surface area (Å²) in [5.74, 6) is 6.11. The summed E-state index contributed by atoms with van der Waals surface area (Å²) in [6.07, 6.45) is 0.355. The van der Waals surface area contributed by atoms with Crippen LogP contribution in [0.3, 0.4) is 0 Å². The van der Waals surface area contributed by atoms with Gasteiger partial charge in [0.25, 0.3) is 0 Å². The van der Waals surface area contributed by atoms with E-state index in [-0.39, 0.29) is 30.5 Å². The van der Waals surface area contributed by atoms with E-state index in [9.17, 15) is 13.2 Å². The maximum atomic E-state index is 12.4. The van der Waals surface area contributed by atoms with E-state index in [2.05, 4.69) is 21.7 Å². The summed E-state index contributed by atoms with van der Waals surface area (Å²) in [6, 6.07) is 4.77. The van der Waals surface area contributed by atoms with Gasteiger partial charge in [0.15, 0.2) is 5.96 Å². The molecule has 3 nitrogen and oxygen atoms in total. The molecule has 0 unspecified atom stereocenters. The molecular formula is C17H21F3IN3. The monoisotopic (exact) mass is 451 g/mol. The van der Waals surface area contributed by atoms with Gasteiger partial charge in [-0.25, -0.2) is 4.99 Å². The van der Waals surface area contributed by atoms with Crippen LogP contribution in [0.1, 0.15) is 36.8 Å². The molecule has 0 aromatic heterocycles. The molecule has 1 aliphatic heterocycles. The van der Waals surface area contributed by atoms with Crippen LogP contribution >= 0.6 is 24.0 Å². The number of rotatable bonds is 1. The summed E-state index contributed by atoms with van der Waals surface area (Å²) in [5, 5.41) is 0. The van der Waals surface area contributed by atoms with Crippen molar-refractivity contribution >= 4 is 29.9 Å². The number of benzene rings is 1. The highest BCUT2D eigenvalue weighted by molar-refractivity contribution is 14.0. The van der Waals surface area contributed by atoms with Gasteiger partial charge >= 0.3 is 6.18 Å². The van der Waals surface area contributed by atoms with Gasteiger partial charge < -0.3 is 10.6 Å². The van der Waals surface area contributed by atoms with Gasteiger partial charge in [0, 0.05) is 18.7 Å². The van der Waals surface area contributed by atoms with Gasteiger partial charge in [0.2, 0.25) is 0 Å². The van der Waals surface area contributed by atoms with Crippen LogP contribution in [0.5, 0.6) is 0 Å². The standard InChI is InChI=1S/C17H20F3N3.HI/c18-17(19,20)15-9-7-14(8-10-15)6-5-11-22-16(21)23-12-3-1-2-4-13-23;/h7-10H,1-4,11-13H2,(H2,21,22);1H. The van der Waals surface area contributed by atoms with Gasteiger partial charge in [0.1, 0.15) is 6.54 Å². The van der Waals surface area contributed by atoms with E-state index in [1.165, 1.54) is 25.0 Å². The molecule has 1 aliphatic rings. The third-order valence-electron chi connectivity index (χ3n) is 3.70. The predicted molar refractivity (Wildman–Crippen MR) is 100 cm³/mol. The van der Waals surface area contributed by atoms with Crippen LogP contribution in [0, 0.1) is 11.8 Å². The van der Waals surface area contributed by atoms with Crippen LogP contribution in [0.4, 0.5) is 13.2 Å². The van der Waals surface area contributed by atoms with Crippen LogP contribution in [-0.4, -0.2) is 30.5 Å². The van der Waals surface area contributed by atoms with Gasteiger partial charge in [-0.05, 0) is 37.1 Å². The fraction of sp³-hybridized carbons (Fsp3) is 0.471. The molecule has 132 valence electrons. The average Bonchev–Trinajstić information content (AvgIpc) is 2.80. The highest BCUT2D eigenvalue weighted by atomic mass is 127. The van der Waals surface area contributed by atoms with Crippen molar-refractivity contribution in [3.05, 3.63) is 35.4 Å². The fourth-order valence-electron chi connectivity index (χ4n) is 2.40. The van der Waals surface area contributed by atoms with E-state index in [1.54, 1.807) is 0 Å². The molecule has 0 atom stereocenters. The summed E-state index contributed by atoms with van der Waals surface area (Å²) in [5.41, 5.74) is 5.80. The first kappa shape index (κ1) is 20.6. The Morgan fingerprint density at radius 1 is 1.08 bits per heavy atom. The number of nitrogens with two attached hydrogens (primary N) is 1. The summed E-state index contributed by atoms with van der Waals surface area (Å²) >= 11 is 0. The van der Waals surface area contributed by atoms with Crippen molar-refractivity contribution in [3.63, 3.8) is 0 Å². The maximum Gasteiger partial charge on any atom is 0.416 e. The Hall–Kier alpha value is -1.43. The molecular weight excluding hydrogens is 430 g/mol. The number of hydrogen-bond donors (Lipinski definition) is 1. The van der Waals surface area contributed by atoms with Gasteiger partial charge in [0.05, 0.1) is 5.56 Å². The minimum absolute atomic E-state index is 0. The number of guanidine groups is 1. The van der Waals surface area contributed by atoms with E-state index in [1.807, 2.05) is 0 Å². The van der Waals surface area contributed by atoms with Crippen molar-refractivity contribution < 1.29 is 13.2 Å². The Labute approximate surface area is 157 Å². The highest BCUT2D eigenvalue weighted by Gasteiger charge is 2.29. The van der Waals surface area contributed by atoms with E-state index >= 15 is 0 Å². The van der Waals surface area contributed by atoms with Crippen LogP contribution in [0.2, 0.25) is 0 Å². The molecule has 7 heteroatoms. The first-order valence-electron chi connectivity index (χ1n) is 7.68. The van der Waals surface area contributed by atoms with Crippen LogP contribution in [0.15, 0.2) is 29.3 Å². The van der Waals surface area contributed by atoms with Gasteiger partial charge in [-0.2, -0.15) is 13.2 Å². The summed E-state index contributed by atoms with van der Waals surface area (Å²) in [6.45, 7) is 2.08. The molecule has 0 saturated carbocycles. The zero-order valence-corrected chi connectivity index (χ0v) is 15.6. The molecule has 0 aliphatic carbocycles. The third kappa shape index (κ3) is 6.59. The number of hydrogen-bond acceptors (Lipinski definition) is 1. The zero-order valence-electron chi connectivity index (χ0n) is 13.3. The molecule has 1 fully saturated rings. The highest BCUT2D eigenvalue weighted by Crippen LogP contribution is 2.28. The molecule has 0 radical (unpaired) electrons. The number of halogens is 4. The first-order valence-corrected chi connectivity index (χ1v) is 7.68. The van der Waals surface area contributed by atoms with Crippen LogP contribution < -0.4 is 5.73 Å².